The number of benzene rings is 1. The first-order chi connectivity index (χ1) is 11.7. The molecule has 1 rings (SSSR count). The van der Waals surface area contributed by atoms with Gasteiger partial charge in [0.15, 0.2) is 17.8 Å². The molecule has 0 aliphatic heterocycles. The highest BCUT2D eigenvalue weighted by Crippen LogP contribution is 2.25. The molecule has 1 aromatic carbocycles. The number of phenolic OH excluding ortho intramolecular Hbond substituents is 1. The summed E-state index contributed by atoms with van der Waals surface area (Å²) in [5.41, 5.74) is 0.486. The second kappa shape index (κ2) is 15.8. The number of aliphatic hydroxyl groups is 2. The summed E-state index contributed by atoms with van der Waals surface area (Å²) in [6.45, 7) is 10.3. The number of aliphatic hydroxyl groups excluding tert-OH is 2. The van der Waals surface area contributed by atoms with Crippen LogP contribution in [0.5, 0.6) is 11.5 Å². The normalized spacial score (nSPS) is 12.2. The van der Waals surface area contributed by atoms with E-state index in [0.29, 0.717) is 17.6 Å². The third-order valence-electron chi connectivity index (χ3n) is 2.84. The molecule has 0 aromatic heterocycles. The maximum atomic E-state index is 10.2. The smallest absolute Gasteiger partial charge is 0.161 e. The number of phenols is 1. The van der Waals surface area contributed by atoms with Crippen molar-refractivity contribution >= 4 is 6.29 Å². The first-order valence-corrected chi connectivity index (χ1v) is 8.14. The molecule has 0 radical (unpaired) electrons. The minimum atomic E-state index is -0.593. The van der Waals surface area contributed by atoms with Crippen LogP contribution >= 0.6 is 0 Å². The third-order valence-corrected chi connectivity index (χ3v) is 2.84. The molecule has 0 spiro atoms. The van der Waals surface area contributed by atoms with Crippen LogP contribution in [0.3, 0.4) is 0 Å². The Bertz CT molecular complexity index is 435. The van der Waals surface area contributed by atoms with E-state index in [1.54, 1.807) is 13.8 Å². The summed E-state index contributed by atoms with van der Waals surface area (Å²) in [6, 6.07) is 4.41. The van der Waals surface area contributed by atoms with E-state index in [2.05, 4.69) is 0 Å². The molecule has 25 heavy (non-hydrogen) atoms. The molecular weight excluding hydrogens is 328 g/mol. The lowest BCUT2D eigenvalue weighted by molar-refractivity contribution is -0.123. The van der Waals surface area contributed by atoms with E-state index in [1.807, 2.05) is 20.8 Å². The van der Waals surface area contributed by atoms with Gasteiger partial charge in [-0.1, -0.05) is 0 Å². The maximum absolute atomic E-state index is 10.2. The van der Waals surface area contributed by atoms with Crippen LogP contribution in [0.15, 0.2) is 18.2 Å². The quantitative estimate of drug-likeness (QED) is 0.506. The molecule has 2 unspecified atom stereocenters. The zero-order valence-electron chi connectivity index (χ0n) is 15.9. The monoisotopic (exact) mass is 360 g/mol. The van der Waals surface area contributed by atoms with Gasteiger partial charge >= 0.3 is 0 Å². The molecule has 146 valence electrons. The van der Waals surface area contributed by atoms with Crippen LogP contribution in [-0.4, -0.2) is 60.4 Å². The third kappa shape index (κ3) is 14.4. The summed E-state index contributed by atoms with van der Waals surface area (Å²) >= 11 is 0. The molecule has 2 atom stereocenters. The van der Waals surface area contributed by atoms with Crippen molar-refractivity contribution in [1.82, 2.24) is 0 Å². The zero-order chi connectivity index (χ0) is 19.8. The summed E-state index contributed by atoms with van der Waals surface area (Å²) in [5, 5.41) is 25.8. The van der Waals surface area contributed by atoms with Crippen molar-refractivity contribution in [2.75, 3.05) is 20.3 Å². The molecule has 0 bridgehead atoms. The average molecular weight is 360 g/mol. The van der Waals surface area contributed by atoms with E-state index >= 15 is 0 Å². The van der Waals surface area contributed by atoms with Crippen molar-refractivity contribution in [2.24, 2.45) is 0 Å². The maximum Gasteiger partial charge on any atom is 0.161 e. The van der Waals surface area contributed by atoms with E-state index in [0.717, 1.165) is 13.2 Å². The van der Waals surface area contributed by atoms with Crippen LogP contribution in [0.25, 0.3) is 0 Å². The topological polar surface area (TPSA) is 105 Å². The summed E-state index contributed by atoms with van der Waals surface area (Å²) < 4.78 is 14.9. The fraction of sp³-hybridized carbons (Fsp3) is 0.611. The van der Waals surface area contributed by atoms with E-state index in [1.165, 1.54) is 25.3 Å². The number of carbonyl (C=O) groups is 1. The number of hydrogen-bond acceptors (Lipinski definition) is 7. The zero-order valence-corrected chi connectivity index (χ0v) is 15.9. The molecule has 0 saturated heterocycles. The highest BCUT2D eigenvalue weighted by Gasteiger charge is 2.00. The lowest BCUT2D eigenvalue weighted by Gasteiger charge is -2.09. The average Bonchev–Trinajstić information content (AvgIpc) is 2.57. The van der Waals surface area contributed by atoms with Gasteiger partial charge in [-0.2, -0.15) is 0 Å². The predicted octanol–water partition coefficient (Wildman–Crippen LogP) is 2.37. The first-order valence-electron chi connectivity index (χ1n) is 8.14. The Hall–Kier alpha value is -1.67. The van der Waals surface area contributed by atoms with Gasteiger partial charge in [0.05, 0.1) is 19.3 Å². The van der Waals surface area contributed by atoms with Gasteiger partial charge < -0.3 is 29.5 Å². The Morgan fingerprint density at radius 3 is 1.84 bits per heavy atom. The molecule has 7 nitrogen and oxygen atoms in total. The van der Waals surface area contributed by atoms with Crippen LogP contribution < -0.4 is 4.74 Å². The summed E-state index contributed by atoms with van der Waals surface area (Å²) in [4.78, 5) is 10.2. The Labute approximate surface area is 150 Å². The van der Waals surface area contributed by atoms with Crippen molar-refractivity contribution < 1.29 is 34.3 Å². The second-order valence-corrected chi connectivity index (χ2v) is 5.01. The van der Waals surface area contributed by atoms with Gasteiger partial charge in [-0.25, -0.2) is 0 Å². The van der Waals surface area contributed by atoms with Gasteiger partial charge in [-0.3, -0.25) is 4.79 Å². The largest absolute Gasteiger partial charge is 0.504 e. The molecular formula is C18H32O7. The van der Waals surface area contributed by atoms with Crippen LogP contribution in [0.1, 0.15) is 45.0 Å². The molecule has 0 fully saturated rings. The van der Waals surface area contributed by atoms with Gasteiger partial charge in [-0.05, 0) is 52.8 Å². The van der Waals surface area contributed by atoms with E-state index < -0.39 is 12.2 Å². The predicted molar refractivity (Wildman–Crippen MR) is 96.1 cm³/mol. The lowest BCUT2D eigenvalue weighted by atomic mass is 10.2. The number of methoxy groups -OCH3 is 1. The van der Waals surface area contributed by atoms with E-state index in [-0.39, 0.29) is 12.0 Å². The highest BCUT2D eigenvalue weighted by atomic mass is 16.7. The number of aldehydes is 1. The number of carbonyl (C=O) groups excluding carboxylic acids is 1. The van der Waals surface area contributed by atoms with Crippen LogP contribution in [0, 0.1) is 0 Å². The molecule has 0 aliphatic rings. The minimum Gasteiger partial charge on any atom is -0.504 e. The van der Waals surface area contributed by atoms with Crippen molar-refractivity contribution in [1.29, 1.82) is 0 Å². The summed E-state index contributed by atoms with van der Waals surface area (Å²) in [5.74, 6) is 0.354. The second-order valence-electron chi connectivity index (χ2n) is 5.01. The molecule has 0 aliphatic carbocycles. The molecule has 0 amide bonds. The van der Waals surface area contributed by atoms with Crippen molar-refractivity contribution in [3.63, 3.8) is 0 Å². The SMILES string of the molecule is CC(O)C(C)O.CCOC(C)OCC.COc1cc(C=O)ccc1O. The first kappa shape index (κ1) is 25.6. The van der Waals surface area contributed by atoms with Gasteiger partial charge in [0, 0.05) is 18.8 Å². The van der Waals surface area contributed by atoms with Crippen molar-refractivity contribution in [3.8, 4) is 11.5 Å². The Kier molecular flexibility index (Phi) is 16.2. The van der Waals surface area contributed by atoms with Crippen molar-refractivity contribution in [2.45, 2.75) is 53.1 Å². The minimum absolute atomic E-state index is 0.0370. The summed E-state index contributed by atoms with van der Waals surface area (Å²) in [7, 11) is 1.43. The molecule has 1 aromatic rings. The Morgan fingerprint density at radius 2 is 1.52 bits per heavy atom. The van der Waals surface area contributed by atoms with Gasteiger partial charge in [0.1, 0.15) is 6.29 Å². The number of hydrogen-bond donors (Lipinski definition) is 3. The number of aromatic hydroxyl groups is 1. The summed E-state index contributed by atoms with van der Waals surface area (Å²) in [6.07, 6.45) is -0.526. The molecule has 0 saturated carbocycles. The fourth-order valence-corrected chi connectivity index (χ4v) is 1.29. The molecule has 7 heteroatoms. The van der Waals surface area contributed by atoms with Crippen LogP contribution in [-0.2, 0) is 9.47 Å². The van der Waals surface area contributed by atoms with E-state index in [4.69, 9.17) is 29.5 Å². The molecule has 3 N–H and O–H groups in total. The number of ether oxygens (including phenoxy) is 3. The van der Waals surface area contributed by atoms with E-state index in [9.17, 15) is 4.79 Å². The van der Waals surface area contributed by atoms with Crippen LogP contribution in [0.4, 0.5) is 0 Å². The molecule has 0 heterocycles. The Balaban J connectivity index is 0. The van der Waals surface area contributed by atoms with Gasteiger partial charge in [-0.15, -0.1) is 0 Å². The van der Waals surface area contributed by atoms with Crippen molar-refractivity contribution in [3.05, 3.63) is 23.8 Å². The Morgan fingerprint density at radius 1 is 1.04 bits per heavy atom. The number of rotatable bonds is 7. The van der Waals surface area contributed by atoms with Gasteiger partial charge in [0.2, 0.25) is 0 Å². The fourth-order valence-electron chi connectivity index (χ4n) is 1.29. The lowest BCUT2D eigenvalue weighted by Crippen LogP contribution is -2.17. The van der Waals surface area contributed by atoms with Gasteiger partial charge in [0.25, 0.3) is 0 Å². The van der Waals surface area contributed by atoms with Crippen LogP contribution in [0.2, 0.25) is 0 Å². The highest BCUT2D eigenvalue weighted by molar-refractivity contribution is 5.76. The standard InChI is InChI=1S/C8H8O3.C6H14O2.C4H10O2/c1-11-8-4-6(5-9)2-3-7(8)10;1-4-7-6(3)8-5-2;1-3(5)4(2)6/h2-5,10H,1H3;6H,4-5H2,1-3H3;3-6H,1-2H3.